The van der Waals surface area contributed by atoms with E-state index in [9.17, 15) is 0 Å². The molecule has 0 N–H and O–H groups in total. The number of aromatic nitrogens is 2. The zero-order valence-electron chi connectivity index (χ0n) is 25.3. The molecule has 0 saturated heterocycles. The van der Waals surface area contributed by atoms with Crippen LogP contribution in [-0.4, -0.2) is 9.13 Å². The van der Waals surface area contributed by atoms with E-state index in [1.54, 1.807) is 0 Å². The van der Waals surface area contributed by atoms with Gasteiger partial charge < -0.3 is 9.13 Å². The predicted molar refractivity (Wildman–Crippen MR) is 203 cm³/mol. The van der Waals surface area contributed by atoms with Gasteiger partial charge in [0.05, 0.1) is 22.1 Å². The maximum atomic E-state index is 2.55. The molecule has 0 bridgehead atoms. The van der Waals surface area contributed by atoms with Crippen molar-refractivity contribution in [2.24, 2.45) is 0 Å². The molecule has 0 saturated carbocycles. The molecule has 0 aliphatic carbocycles. The van der Waals surface area contributed by atoms with Crippen molar-refractivity contribution in [2.45, 2.75) is 0 Å². The fourth-order valence-corrected chi connectivity index (χ4v) is 9.23. The zero-order chi connectivity index (χ0) is 30.6. The lowest BCUT2D eigenvalue weighted by Gasteiger charge is -2.13. The highest BCUT2D eigenvalue weighted by Gasteiger charge is 2.25. The highest BCUT2D eigenvalue weighted by molar-refractivity contribution is 7.25. The fraction of sp³-hybridized carbons (Fsp3) is 0. The minimum Gasteiger partial charge on any atom is -0.309 e. The van der Waals surface area contributed by atoms with Crippen LogP contribution in [0.1, 0.15) is 0 Å². The zero-order valence-corrected chi connectivity index (χ0v) is 26.1. The van der Waals surface area contributed by atoms with Crippen molar-refractivity contribution in [3.05, 3.63) is 158 Å². The Kier molecular flexibility index (Phi) is 5.02. The fourth-order valence-electron chi connectivity index (χ4n) is 8.09. The SMILES string of the molecule is c1ccc(-n2c3ccccc3c3c2c2ccccc2c2c4cc5ccccc5cc4n(-c4ccc5c(c4)sc4ccccc45)c23)cc1. The minimum atomic E-state index is 1.17. The second-order valence-corrected chi connectivity index (χ2v) is 13.6. The molecule has 0 amide bonds. The Balaban J connectivity index is 1.43. The molecule has 0 aliphatic rings. The summed E-state index contributed by atoms with van der Waals surface area (Å²) in [5, 5.41) is 12.8. The first kappa shape index (κ1) is 25.3. The Morgan fingerprint density at radius 3 is 1.83 bits per heavy atom. The lowest BCUT2D eigenvalue weighted by Crippen LogP contribution is -1.96. The number of fused-ring (bicyclic) bond motifs is 14. The Bertz CT molecular complexity index is 3070. The van der Waals surface area contributed by atoms with Crippen LogP contribution in [0.5, 0.6) is 0 Å². The number of thiophene rings is 1. The third-order valence-corrected chi connectivity index (χ3v) is 11.2. The Labute approximate surface area is 273 Å². The predicted octanol–water partition coefficient (Wildman–Crippen LogP) is 12.6. The number of hydrogen-bond donors (Lipinski definition) is 0. The number of para-hydroxylation sites is 2. The van der Waals surface area contributed by atoms with Crippen molar-refractivity contribution in [2.75, 3.05) is 0 Å². The summed E-state index contributed by atoms with van der Waals surface area (Å²) in [6.07, 6.45) is 0. The first-order chi connectivity index (χ1) is 23.3. The molecule has 8 aromatic carbocycles. The molecular formula is C44H26N2S. The Hall–Kier alpha value is -5.90. The Morgan fingerprint density at radius 1 is 0.340 bits per heavy atom. The first-order valence-electron chi connectivity index (χ1n) is 16.1. The van der Waals surface area contributed by atoms with Crippen molar-refractivity contribution in [3.8, 4) is 11.4 Å². The van der Waals surface area contributed by atoms with Crippen LogP contribution in [0.4, 0.5) is 0 Å². The van der Waals surface area contributed by atoms with Crippen LogP contribution in [0.3, 0.4) is 0 Å². The number of benzene rings is 8. The maximum absolute atomic E-state index is 2.55. The molecular weight excluding hydrogens is 589 g/mol. The molecule has 0 fully saturated rings. The van der Waals surface area contributed by atoms with Crippen LogP contribution < -0.4 is 0 Å². The monoisotopic (exact) mass is 614 g/mol. The van der Waals surface area contributed by atoms with Crippen molar-refractivity contribution >= 4 is 96.7 Å². The topological polar surface area (TPSA) is 9.86 Å². The molecule has 0 spiro atoms. The normalized spacial score (nSPS) is 12.3. The smallest absolute Gasteiger partial charge is 0.0647 e. The molecule has 0 radical (unpaired) electrons. The molecule has 47 heavy (non-hydrogen) atoms. The van der Waals surface area contributed by atoms with E-state index in [4.69, 9.17) is 0 Å². The van der Waals surface area contributed by atoms with Crippen LogP contribution in [0.25, 0.3) is 96.7 Å². The Morgan fingerprint density at radius 2 is 0.979 bits per heavy atom. The van der Waals surface area contributed by atoms with E-state index in [2.05, 4.69) is 167 Å². The van der Waals surface area contributed by atoms with E-state index in [-0.39, 0.29) is 0 Å². The molecule has 0 aliphatic heterocycles. The standard InChI is InChI=1S/C44H26N2S/c1-2-14-29(15-3-1)45-37-20-10-8-19-35(37)42-43(45)34-18-7-6-17-33(34)41-36-24-27-12-4-5-13-28(27)25-38(36)46(44(41)42)30-22-23-32-31-16-9-11-21-39(31)47-40(32)26-30/h1-26H. The summed E-state index contributed by atoms with van der Waals surface area (Å²) in [5.41, 5.74) is 7.31. The summed E-state index contributed by atoms with van der Waals surface area (Å²) in [6, 6.07) is 58.2. The van der Waals surface area contributed by atoms with Crippen molar-refractivity contribution in [1.82, 2.24) is 9.13 Å². The highest BCUT2D eigenvalue weighted by atomic mass is 32.1. The van der Waals surface area contributed by atoms with Crippen LogP contribution in [0.2, 0.25) is 0 Å². The van der Waals surface area contributed by atoms with Gasteiger partial charge in [-0.2, -0.15) is 0 Å². The molecule has 11 aromatic rings. The first-order valence-corrected chi connectivity index (χ1v) is 16.9. The second kappa shape index (κ2) is 9.32. The number of nitrogens with zero attached hydrogens (tertiary/aromatic N) is 2. The van der Waals surface area contributed by atoms with Gasteiger partial charge in [-0.3, -0.25) is 0 Å². The average molecular weight is 615 g/mol. The van der Waals surface area contributed by atoms with E-state index in [0.717, 1.165) is 0 Å². The van der Waals surface area contributed by atoms with Gasteiger partial charge in [0.15, 0.2) is 0 Å². The molecule has 0 unspecified atom stereocenters. The van der Waals surface area contributed by atoms with Gasteiger partial charge in [0.1, 0.15) is 0 Å². The van der Waals surface area contributed by atoms with Gasteiger partial charge >= 0.3 is 0 Å². The lowest BCUT2D eigenvalue weighted by atomic mass is 9.98. The van der Waals surface area contributed by atoms with Crippen LogP contribution in [0, 0.1) is 0 Å². The molecule has 0 atom stereocenters. The molecule has 11 rings (SSSR count). The molecule has 3 heteroatoms. The van der Waals surface area contributed by atoms with E-state index in [1.165, 1.54) is 96.7 Å². The third-order valence-electron chi connectivity index (χ3n) is 10.0. The van der Waals surface area contributed by atoms with Crippen LogP contribution in [0.15, 0.2) is 158 Å². The molecule has 3 aromatic heterocycles. The number of hydrogen-bond acceptors (Lipinski definition) is 1. The van der Waals surface area contributed by atoms with Gasteiger partial charge in [-0.25, -0.2) is 0 Å². The van der Waals surface area contributed by atoms with Crippen LogP contribution >= 0.6 is 11.3 Å². The van der Waals surface area contributed by atoms with Crippen molar-refractivity contribution in [1.29, 1.82) is 0 Å². The summed E-state index contributed by atoms with van der Waals surface area (Å²) in [6.45, 7) is 0. The number of rotatable bonds is 2. The maximum Gasteiger partial charge on any atom is 0.0647 e. The minimum absolute atomic E-state index is 1.17. The van der Waals surface area contributed by atoms with E-state index >= 15 is 0 Å². The van der Waals surface area contributed by atoms with Gasteiger partial charge in [-0.1, -0.05) is 109 Å². The summed E-state index contributed by atoms with van der Waals surface area (Å²) in [4.78, 5) is 0. The van der Waals surface area contributed by atoms with Gasteiger partial charge in [-0.05, 0) is 64.7 Å². The molecule has 218 valence electrons. The molecule has 3 heterocycles. The van der Waals surface area contributed by atoms with Gasteiger partial charge in [-0.15, -0.1) is 11.3 Å². The van der Waals surface area contributed by atoms with Gasteiger partial charge in [0, 0.05) is 58.5 Å². The van der Waals surface area contributed by atoms with E-state index < -0.39 is 0 Å². The highest BCUT2D eigenvalue weighted by Crippen LogP contribution is 2.48. The lowest BCUT2D eigenvalue weighted by molar-refractivity contribution is 1.18. The summed E-state index contributed by atoms with van der Waals surface area (Å²) in [5.74, 6) is 0. The quantitative estimate of drug-likeness (QED) is 0.183. The third kappa shape index (κ3) is 3.39. The van der Waals surface area contributed by atoms with Crippen molar-refractivity contribution in [3.63, 3.8) is 0 Å². The molecule has 2 nitrogen and oxygen atoms in total. The summed E-state index contributed by atoms with van der Waals surface area (Å²) in [7, 11) is 0. The van der Waals surface area contributed by atoms with E-state index in [0.29, 0.717) is 0 Å². The average Bonchev–Trinajstić information content (AvgIpc) is 3.78. The van der Waals surface area contributed by atoms with Gasteiger partial charge in [0.2, 0.25) is 0 Å². The largest absolute Gasteiger partial charge is 0.309 e. The summed E-state index contributed by atoms with van der Waals surface area (Å²) < 4.78 is 7.66. The van der Waals surface area contributed by atoms with Crippen LogP contribution in [-0.2, 0) is 0 Å². The summed E-state index contributed by atoms with van der Waals surface area (Å²) >= 11 is 1.88. The second-order valence-electron chi connectivity index (χ2n) is 12.5. The van der Waals surface area contributed by atoms with E-state index in [1.807, 2.05) is 11.3 Å². The van der Waals surface area contributed by atoms with Crippen molar-refractivity contribution < 1.29 is 0 Å². The van der Waals surface area contributed by atoms with Gasteiger partial charge in [0.25, 0.3) is 0 Å².